The number of ether oxygens (including phenoxy) is 1. The summed E-state index contributed by atoms with van der Waals surface area (Å²) in [5, 5.41) is 8.71. The Morgan fingerprint density at radius 1 is 1.60 bits per heavy atom. The third-order valence-electron chi connectivity index (χ3n) is 2.25. The molecule has 0 fully saturated rings. The smallest absolute Gasteiger partial charge is 0.334 e. The van der Waals surface area contributed by atoms with Gasteiger partial charge in [-0.1, -0.05) is 6.08 Å². The molecule has 0 aromatic heterocycles. The van der Waals surface area contributed by atoms with Gasteiger partial charge in [-0.25, -0.2) is 4.79 Å². The maximum atomic E-state index is 11.6. The van der Waals surface area contributed by atoms with E-state index in [4.69, 9.17) is 10.00 Å². The zero-order valence-electron chi connectivity index (χ0n) is 9.54. The number of nitriles is 1. The fourth-order valence-corrected chi connectivity index (χ4v) is 1.48. The lowest BCUT2D eigenvalue weighted by molar-refractivity contribution is -0.150. The molecular formula is C12H17NO2. The molecular weight excluding hydrogens is 190 g/mol. The number of esters is 1. The van der Waals surface area contributed by atoms with E-state index < -0.39 is 5.60 Å². The van der Waals surface area contributed by atoms with Gasteiger partial charge in [-0.05, 0) is 40.0 Å². The van der Waals surface area contributed by atoms with E-state index in [1.54, 1.807) is 0 Å². The van der Waals surface area contributed by atoms with Crippen molar-refractivity contribution in [1.29, 1.82) is 5.26 Å². The lowest BCUT2D eigenvalue weighted by Crippen LogP contribution is -2.25. The van der Waals surface area contributed by atoms with Crippen molar-refractivity contribution < 1.29 is 9.53 Å². The van der Waals surface area contributed by atoms with Gasteiger partial charge < -0.3 is 4.74 Å². The van der Waals surface area contributed by atoms with Gasteiger partial charge in [-0.2, -0.15) is 5.26 Å². The van der Waals surface area contributed by atoms with Gasteiger partial charge >= 0.3 is 5.97 Å². The first kappa shape index (κ1) is 11.8. The second-order valence-corrected chi connectivity index (χ2v) is 4.83. The number of hydrogen-bond acceptors (Lipinski definition) is 3. The number of rotatable bonds is 1. The molecule has 3 nitrogen and oxygen atoms in total. The molecule has 1 aliphatic carbocycles. The predicted molar refractivity (Wildman–Crippen MR) is 56.9 cm³/mol. The predicted octanol–water partition coefficient (Wildman–Crippen LogP) is 2.58. The van der Waals surface area contributed by atoms with Crippen LogP contribution in [0.1, 0.15) is 40.0 Å². The summed E-state index contributed by atoms with van der Waals surface area (Å²) in [5.41, 5.74) is 0.278. The number of carbonyl (C=O) groups excluding carboxylic acids is 1. The summed E-state index contributed by atoms with van der Waals surface area (Å²) in [7, 11) is 0. The highest BCUT2D eigenvalue weighted by Gasteiger charge is 2.23. The summed E-state index contributed by atoms with van der Waals surface area (Å²) >= 11 is 0. The average Bonchev–Trinajstić information content (AvgIpc) is 2.15. The number of carbonyl (C=O) groups is 1. The highest BCUT2D eigenvalue weighted by atomic mass is 16.6. The fourth-order valence-electron chi connectivity index (χ4n) is 1.48. The van der Waals surface area contributed by atoms with Gasteiger partial charge in [0, 0.05) is 5.57 Å². The van der Waals surface area contributed by atoms with E-state index in [9.17, 15) is 4.79 Å². The van der Waals surface area contributed by atoms with Crippen LogP contribution in [-0.4, -0.2) is 11.6 Å². The third kappa shape index (κ3) is 3.75. The molecule has 0 bridgehead atoms. The molecule has 15 heavy (non-hydrogen) atoms. The minimum Gasteiger partial charge on any atom is -0.457 e. The Kier molecular flexibility index (Phi) is 3.52. The molecule has 0 aliphatic heterocycles. The van der Waals surface area contributed by atoms with E-state index in [2.05, 4.69) is 6.07 Å². The Bertz CT molecular complexity index is 317. The Balaban J connectivity index is 2.57. The van der Waals surface area contributed by atoms with Crippen LogP contribution in [0, 0.1) is 17.2 Å². The van der Waals surface area contributed by atoms with E-state index in [1.807, 2.05) is 26.8 Å². The van der Waals surface area contributed by atoms with E-state index >= 15 is 0 Å². The van der Waals surface area contributed by atoms with E-state index in [1.165, 1.54) is 0 Å². The van der Waals surface area contributed by atoms with Crippen LogP contribution >= 0.6 is 0 Å². The highest BCUT2D eigenvalue weighted by Crippen LogP contribution is 2.24. The summed E-state index contributed by atoms with van der Waals surface area (Å²) in [4.78, 5) is 11.6. The molecule has 1 rings (SSSR count). The summed E-state index contributed by atoms with van der Waals surface area (Å²) in [6.45, 7) is 5.56. The summed E-state index contributed by atoms with van der Waals surface area (Å²) in [5.74, 6) is -0.171. The van der Waals surface area contributed by atoms with Gasteiger partial charge in [-0.15, -0.1) is 0 Å². The minimum atomic E-state index is -0.440. The maximum absolute atomic E-state index is 11.6. The van der Waals surface area contributed by atoms with Gasteiger partial charge in [0.15, 0.2) is 0 Å². The minimum absolute atomic E-state index is 0.0659. The molecule has 0 saturated carbocycles. The van der Waals surface area contributed by atoms with E-state index in [-0.39, 0.29) is 11.9 Å². The van der Waals surface area contributed by atoms with Crippen LogP contribution in [0.5, 0.6) is 0 Å². The number of allylic oxidation sites excluding steroid dienone is 1. The molecule has 1 aliphatic rings. The van der Waals surface area contributed by atoms with Crippen molar-refractivity contribution in [3.8, 4) is 6.07 Å². The summed E-state index contributed by atoms with van der Waals surface area (Å²) < 4.78 is 5.26. The van der Waals surface area contributed by atoms with Crippen LogP contribution in [0.15, 0.2) is 11.6 Å². The van der Waals surface area contributed by atoms with Gasteiger partial charge in [0.2, 0.25) is 0 Å². The number of hydrogen-bond donors (Lipinski definition) is 0. The normalized spacial score (nSPS) is 21.5. The van der Waals surface area contributed by atoms with Gasteiger partial charge in [0.25, 0.3) is 0 Å². The summed E-state index contributed by atoms with van der Waals surface area (Å²) in [6.07, 6.45) is 3.94. The molecule has 0 saturated heterocycles. The van der Waals surface area contributed by atoms with Crippen molar-refractivity contribution in [2.24, 2.45) is 5.92 Å². The van der Waals surface area contributed by atoms with Crippen molar-refractivity contribution >= 4 is 5.97 Å². The monoisotopic (exact) mass is 207 g/mol. The quantitative estimate of drug-likeness (QED) is 0.621. The first-order valence-electron chi connectivity index (χ1n) is 5.24. The third-order valence-corrected chi connectivity index (χ3v) is 2.25. The molecule has 0 heterocycles. The van der Waals surface area contributed by atoms with Crippen molar-refractivity contribution in [2.75, 3.05) is 0 Å². The second kappa shape index (κ2) is 4.48. The molecule has 0 aromatic carbocycles. The van der Waals surface area contributed by atoms with Crippen LogP contribution in [0.3, 0.4) is 0 Å². The molecule has 0 amide bonds. The molecule has 0 aromatic rings. The van der Waals surface area contributed by atoms with Gasteiger partial charge in [0.05, 0.1) is 12.0 Å². The van der Waals surface area contributed by atoms with E-state index in [0.717, 1.165) is 12.0 Å². The molecule has 1 atom stereocenters. The van der Waals surface area contributed by atoms with Crippen molar-refractivity contribution in [2.45, 2.75) is 45.6 Å². The van der Waals surface area contributed by atoms with Crippen molar-refractivity contribution in [3.63, 3.8) is 0 Å². The molecule has 0 radical (unpaired) electrons. The van der Waals surface area contributed by atoms with Crippen molar-refractivity contribution in [1.82, 2.24) is 0 Å². The van der Waals surface area contributed by atoms with Crippen LogP contribution in [0.4, 0.5) is 0 Å². The fraction of sp³-hybridized carbons (Fsp3) is 0.667. The molecule has 0 N–H and O–H groups in total. The standard InChI is InChI=1S/C12H17NO2/c1-12(2,3)15-11(14)10-6-4-9(8-13)5-7-10/h6,9H,4-5,7H2,1-3H3. The second-order valence-electron chi connectivity index (χ2n) is 4.83. The SMILES string of the molecule is CC(C)(C)OC(=O)C1=CCC(C#N)CC1. The first-order chi connectivity index (χ1) is 6.92. The van der Waals surface area contributed by atoms with Gasteiger partial charge in [0.1, 0.15) is 5.60 Å². The lowest BCUT2D eigenvalue weighted by Gasteiger charge is -2.22. The Morgan fingerprint density at radius 3 is 2.67 bits per heavy atom. The Morgan fingerprint density at radius 2 is 2.27 bits per heavy atom. The zero-order valence-corrected chi connectivity index (χ0v) is 9.54. The van der Waals surface area contributed by atoms with Gasteiger partial charge in [-0.3, -0.25) is 0 Å². The van der Waals surface area contributed by atoms with E-state index in [0.29, 0.717) is 12.8 Å². The van der Waals surface area contributed by atoms with Crippen molar-refractivity contribution in [3.05, 3.63) is 11.6 Å². The first-order valence-corrected chi connectivity index (χ1v) is 5.24. The Labute approximate surface area is 90.7 Å². The summed E-state index contributed by atoms with van der Waals surface area (Å²) in [6, 6.07) is 2.21. The molecule has 1 unspecified atom stereocenters. The Hall–Kier alpha value is -1.30. The van der Waals surface area contributed by atoms with Crippen LogP contribution < -0.4 is 0 Å². The van der Waals surface area contributed by atoms with Crippen LogP contribution in [-0.2, 0) is 9.53 Å². The highest BCUT2D eigenvalue weighted by molar-refractivity contribution is 5.88. The van der Waals surface area contributed by atoms with Crippen LogP contribution in [0.25, 0.3) is 0 Å². The topological polar surface area (TPSA) is 50.1 Å². The molecule has 82 valence electrons. The van der Waals surface area contributed by atoms with Crippen LogP contribution in [0.2, 0.25) is 0 Å². The molecule has 0 spiro atoms. The maximum Gasteiger partial charge on any atom is 0.334 e. The molecule has 3 heteroatoms. The average molecular weight is 207 g/mol. The lowest BCUT2D eigenvalue weighted by atomic mass is 9.91. The largest absolute Gasteiger partial charge is 0.457 e. The number of nitrogens with zero attached hydrogens (tertiary/aromatic N) is 1. The zero-order chi connectivity index (χ0) is 11.5.